The lowest BCUT2D eigenvalue weighted by Gasteiger charge is -2.30. The van der Waals surface area contributed by atoms with E-state index in [1.807, 2.05) is 18.3 Å². The zero-order valence-electron chi connectivity index (χ0n) is 18.4. The molecule has 1 atom stereocenters. The van der Waals surface area contributed by atoms with E-state index in [1.54, 1.807) is 0 Å². The third-order valence-corrected chi connectivity index (χ3v) is 6.46. The molecule has 0 spiro atoms. The van der Waals surface area contributed by atoms with Crippen molar-refractivity contribution in [2.24, 2.45) is 0 Å². The predicted octanol–water partition coefficient (Wildman–Crippen LogP) is 3.54. The number of anilines is 3. The first kappa shape index (κ1) is 20.1. The number of hydrogen-bond acceptors (Lipinski definition) is 7. The number of benzene rings is 2. The van der Waals surface area contributed by atoms with Gasteiger partial charge in [-0.2, -0.15) is 10.1 Å². The summed E-state index contributed by atoms with van der Waals surface area (Å²) in [5.74, 6) is 1.60. The molecule has 1 unspecified atom stereocenters. The van der Waals surface area contributed by atoms with E-state index < -0.39 is 0 Å². The number of rotatable bonds is 5. The topological polar surface area (TPSA) is 91.0 Å². The Kier molecular flexibility index (Phi) is 5.37. The van der Waals surface area contributed by atoms with E-state index in [9.17, 15) is 0 Å². The molecule has 2 aliphatic heterocycles. The highest BCUT2D eigenvalue weighted by molar-refractivity contribution is 5.83. The third-order valence-electron chi connectivity index (χ3n) is 6.46. The smallest absolute Gasteiger partial charge is 0.227 e. The monoisotopic (exact) mass is 441 g/mol. The second-order valence-corrected chi connectivity index (χ2v) is 8.66. The van der Waals surface area contributed by atoms with Crippen LogP contribution in [0.1, 0.15) is 23.2 Å². The average Bonchev–Trinajstić information content (AvgIpc) is 3.45. The first-order valence-corrected chi connectivity index (χ1v) is 11.5. The summed E-state index contributed by atoms with van der Waals surface area (Å²) in [4.78, 5) is 12.4. The van der Waals surface area contributed by atoms with Gasteiger partial charge in [0.25, 0.3) is 0 Å². The van der Waals surface area contributed by atoms with Crippen LogP contribution in [0.3, 0.4) is 0 Å². The fourth-order valence-corrected chi connectivity index (χ4v) is 4.72. The molecule has 0 radical (unpaired) electrons. The van der Waals surface area contributed by atoms with E-state index in [2.05, 4.69) is 62.1 Å². The van der Waals surface area contributed by atoms with Crippen LogP contribution in [0.4, 0.5) is 17.5 Å². The summed E-state index contributed by atoms with van der Waals surface area (Å²) >= 11 is 0. The molecule has 0 amide bonds. The van der Waals surface area contributed by atoms with Gasteiger partial charge in [-0.25, -0.2) is 4.98 Å². The summed E-state index contributed by atoms with van der Waals surface area (Å²) < 4.78 is 5.75. The molecule has 1 saturated heterocycles. The first-order chi connectivity index (χ1) is 16.3. The molecule has 6 rings (SSSR count). The van der Waals surface area contributed by atoms with Crippen molar-refractivity contribution in [3.63, 3.8) is 0 Å². The van der Waals surface area contributed by atoms with E-state index in [0.717, 1.165) is 72.1 Å². The lowest BCUT2D eigenvalue weighted by atomic mass is 10.0. The number of nitrogens with one attached hydrogen (secondary N) is 3. The summed E-state index contributed by atoms with van der Waals surface area (Å²) in [5.41, 5.74) is 5.34. The number of fused-ring (bicyclic) bond motifs is 2. The standard InChI is InChI=1S/C25H27N7O/c1-2-4-17(5-3-1)12-20-8-9-26-10-11-32(20)25-29-23-16-33-15-21(23)24(30-25)28-19-6-7-22-18(13-19)14-27-31-22/h1-7,13-14,20,26H,8-12,15-16H2,(H,27,31)(H,28,29,30). The van der Waals surface area contributed by atoms with Crippen molar-refractivity contribution in [3.05, 3.63) is 71.5 Å². The quantitative estimate of drug-likeness (QED) is 0.436. The lowest BCUT2D eigenvalue weighted by molar-refractivity contribution is 0.133. The maximum absolute atomic E-state index is 5.75. The van der Waals surface area contributed by atoms with Gasteiger partial charge >= 0.3 is 0 Å². The van der Waals surface area contributed by atoms with Crippen LogP contribution in [0.25, 0.3) is 10.9 Å². The molecule has 0 saturated carbocycles. The van der Waals surface area contributed by atoms with Crippen molar-refractivity contribution in [2.45, 2.75) is 32.1 Å². The van der Waals surface area contributed by atoms with Crippen LogP contribution < -0.4 is 15.5 Å². The van der Waals surface area contributed by atoms with Crippen LogP contribution in [-0.4, -0.2) is 45.8 Å². The van der Waals surface area contributed by atoms with Gasteiger partial charge in [-0.3, -0.25) is 5.10 Å². The molecule has 168 valence electrons. The molecular formula is C25H27N7O. The third kappa shape index (κ3) is 4.15. The summed E-state index contributed by atoms with van der Waals surface area (Å²) in [7, 11) is 0. The Balaban J connectivity index is 1.34. The molecule has 0 aliphatic carbocycles. The van der Waals surface area contributed by atoms with Crippen LogP contribution in [0, 0.1) is 0 Å². The van der Waals surface area contributed by atoms with Crippen molar-refractivity contribution in [1.82, 2.24) is 25.5 Å². The van der Waals surface area contributed by atoms with Gasteiger partial charge in [0.05, 0.1) is 30.6 Å². The normalized spacial score (nSPS) is 18.3. The van der Waals surface area contributed by atoms with E-state index >= 15 is 0 Å². The van der Waals surface area contributed by atoms with E-state index in [4.69, 9.17) is 14.7 Å². The zero-order chi connectivity index (χ0) is 22.0. The molecule has 0 bridgehead atoms. The highest BCUT2D eigenvalue weighted by Crippen LogP contribution is 2.31. The Hall–Kier alpha value is -3.49. The van der Waals surface area contributed by atoms with Gasteiger partial charge in [0.2, 0.25) is 5.95 Å². The molecule has 33 heavy (non-hydrogen) atoms. The maximum Gasteiger partial charge on any atom is 0.227 e. The second-order valence-electron chi connectivity index (χ2n) is 8.66. The molecular weight excluding hydrogens is 414 g/mol. The molecule has 4 aromatic rings. The van der Waals surface area contributed by atoms with Crippen molar-refractivity contribution in [1.29, 1.82) is 0 Å². The van der Waals surface area contributed by atoms with Crippen LogP contribution in [0.2, 0.25) is 0 Å². The molecule has 2 aliphatic rings. The molecule has 4 heterocycles. The van der Waals surface area contributed by atoms with Gasteiger partial charge in [0, 0.05) is 35.8 Å². The van der Waals surface area contributed by atoms with Gasteiger partial charge in [-0.05, 0) is 43.1 Å². The van der Waals surface area contributed by atoms with Gasteiger partial charge in [-0.1, -0.05) is 30.3 Å². The molecule has 8 heteroatoms. The Morgan fingerprint density at radius 3 is 2.94 bits per heavy atom. The van der Waals surface area contributed by atoms with Crippen molar-refractivity contribution >= 4 is 28.4 Å². The number of aromatic nitrogens is 4. The summed E-state index contributed by atoms with van der Waals surface area (Å²) in [5, 5.41) is 15.2. The van der Waals surface area contributed by atoms with Gasteiger partial charge in [0.15, 0.2) is 0 Å². The van der Waals surface area contributed by atoms with Crippen LogP contribution >= 0.6 is 0 Å². The van der Waals surface area contributed by atoms with Gasteiger partial charge in [-0.15, -0.1) is 0 Å². The number of H-pyrrole nitrogens is 1. The summed E-state index contributed by atoms with van der Waals surface area (Å²) in [6, 6.07) is 17.2. The number of aromatic amines is 1. The highest BCUT2D eigenvalue weighted by atomic mass is 16.5. The Labute approximate surface area is 192 Å². The predicted molar refractivity (Wildman–Crippen MR) is 129 cm³/mol. The summed E-state index contributed by atoms with van der Waals surface area (Å²) in [6.07, 6.45) is 3.85. The van der Waals surface area contributed by atoms with E-state index in [-0.39, 0.29) is 0 Å². The van der Waals surface area contributed by atoms with E-state index in [1.165, 1.54) is 5.56 Å². The first-order valence-electron chi connectivity index (χ1n) is 11.5. The fourth-order valence-electron chi connectivity index (χ4n) is 4.72. The van der Waals surface area contributed by atoms with Gasteiger partial charge in [0.1, 0.15) is 5.82 Å². The molecule has 1 fully saturated rings. The number of ether oxygens (including phenoxy) is 1. The Morgan fingerprint density at radius 1 is 1.06 bits per heavy atom. The van der Waals surface area contributed by atoms with Crippen LogP contribution in [0.15, 0.2) is 54.7 Å². The minimum absolute atomic E-state index is 0.331. The van der Waals surface area contributed by atoms with Crippen LogP contribution in [-0.2, 0) is 24.4 Å². The summed E-state index contributed by atoms with van der Waals surface area (Å²) in [6.45, 7) is 3.84. The van der Waals surface area contributed by atoms with Crippen molar-refractivity contribution < 1.29 is 4.74 Å². The largest absolute Gasteiger partial charge is 0.370 e. The zero-order valence-corrected chi connectivity index (χ0v) is 18.4. The van der Waals surface area contributed by atoms with E-state index in [0.29, 0.717) is 19.3 Å². The van der Waals surface area contributed by atoms with Crippen molar-refractivity contribution in [2.75, 3.05) is 29.9 Å². The molecule has 2 aromatic heterocycles. The SMILES string of the molecule is c1ccc(CC2CCNCCN2c2nc3c(c(Nc4ccc5[nH]ncc5c4)n2)COC3)cc1. The lowest BCUT2D eigenvalue weighted by Crippen LogP contribution is -2.39. The molecule has 3 N–H and O–H groups in total. The Morgan fingerprint density at radius 2 is 2.00 bits per heavy atom. The maximum atomic E-state index is 5.75. The Bertz CT molecular complexity index is 1260. The number of hydrogen-bond donors (Lipinski definition) is 3. The molecule has 8 nitrogen and oxygen atoms in total. The minimum atomic E-state index is 0.331. The fraction of sp³-hybridized carbons (Fsp3) is 0.320. The van der Waals surface area contributed by atoms with Crippen molar-refractivity contribution in [3.8, 4) is 0 Å². The highest BCUT2D eigenvalue weighted by Gasteiger charge is 2.27. The molecule has 2 aromatic carbocycles. The second kappa shape index (κ2) is 8.80. The number of nitrogens with zero attached hydrogens (tertiary/aromatic N) is 4. The minimum Gasteiger partial charge on any atom is -0.370 e. The van der Waals surface area contributed by atoms with Crippen LogP contribution in [0.5, 0.6) is 0 Å². The van der Waals surface area contributed by atoms with Gasteiger partial charge < -0.3 is 20.3 Å². The average molecular weight is 442 g/mol.